The molecule has 0 aliphatic carbocycles. The van der Waals surface area contributed by atoms with Gasteiger partial charge in [-0.05, 0) is 13.3 Å². The van der Waals surface area contributed by atoms with Crippen molar-refractivity contribution in [2.24, 2.45) is 11.7 Å². The monoisotopic (exact) mass is 210 g/mol. The molecule has 0 bridgehead atoms. The van der Waals surface area contributed by atoms with Crippen LogP contribution >= 0.6 is 0 Å². The lowest BCUT2D eigenvalue weighted by Crippen LogP contribution is -2.34. The Balaban J connectivity index is 2.58. The first-order valence-electron chi connectivity index (χ1n) is 5.15. The number of anilines is 1. The maximum Gasteiger partial charge on any atom is 0.229 e. The molecule has 1 amide bonds. The fourth-order valence-corrected chi connectivity index (χ4v) is 1.09. The standard InChI is InChI=1S/C10H18N4O/c1-4-8-5-9(14-13-8)12-10(15)6(2)7(3)11/h5-7H,4,11H2,1-3H3,(H2,12,13,14,15). The summed E-state index contributed by atoms with van der Waals surface area (Å²) in [5.41, 5.74) is 6.63. The fourth-order valence-electron chi connectivity index (χ4n) is 1.09. The Morgan fingerprint density at radius 1 is 1.67 bits per heavy atom. The third-order valence-electron chi connectivity index (χ3n) is 2.47. The quantitative estimate of drug-likeness (QED) is 0.690. The van der Waals surface area contributed by atoms with Crippen LogP contribution in [0, 0.1) is 5.92 Å². The molecule has 0 spiro atoms. The molecule has 0 saturated heterocycles. The highest BCUT2D eigenvalue weighted by Crippen LogP contribution is 2.09. The van der Waals surface area contributed by atoms with Crippen molar-refractivity contribution in [1.82, 2.24) is 10.2 Å². The number of nitrogens with zero attached hydrogens (tertiary/aromatic N) is 1. The molecule has 2 unspecified atom stereocenters. The van der Waals surface area contributed by atoms with Gasteiger partial charge in [0.15, 0.2) is 5.82 Å². The Labute approximate surface area is 89.4 Å². The van der Waals surface area contributed by atoms with Gasteiger partial charge in [0.2, 0.25) is 5.91 Å². The summed E-state index contributed by atoms with van der Waals surface area (Å²) in [6.07, 6.45) is 0.867. The smallest absolute Gasteiger partial charge is 0.229 e. The van der Waals surface area contributed by atoms with Crippen molar-refractivity contribution >= 4 is 11.7 Å². The molecule has 1 aromatic heterocycles. The van der Waals surface area contributed by atoms with E-state index in [1.165, 1.54) is 0 Å². The van der Waals surface area contributed by atoms with Gasteiger partial charge in [0.25, 0.3) is 0 Å². The largest absolute Gasteiger partial charge is 0.327 e. The Morgan fingerprint density at radius 3 is 2.80 bits per heavy atom. The minimum absolute atomic E-state index is 0.0980. The van der Waals surface area contributed by atoms with Crippen LogP contribution in [0.5, 0.6) is 0 Å². The molecule has 1 rings (SSSR count). The van der Waals surface area contributed by atoms with E-state index in [1.807, 2.05) is 19.9 Å². The highest BCUT2D eigenvalue weighted by atomic mass is 16.2. The molecule has 84 valence electrons. The molecule has 0 saturated carbocycles. The summed E-state index contributed by atoms with van der Waals surface area (Å²) >= 11 is 0. The first kappa shape index (κ1) is 11.7. The van der Waals surface area contributed by atoms with Crippen molar-refractivity contribution in [2.75, 3.05) is 5.32 Å². The first-order valence-corrected chi connectivity index (χ1v) is 5.15. The number of H-pyrrole nitrogens is 1. The maximum atomic E-state index is 11.6. The van der Waals surface area contributed by atoms with Gasteiger partial charge in [-0.25, -0.2) is 0 Å². The molecule has 1 aromatic rings. The number of nitrogens with two attached hydrogens (primary N) is 1. The molecule has 15 heavy (non-hydrogen) atoms. The zero-order valence-corrected chi connectivity index (χ0v) is 9.37. The minimum Gasteiger partial charge on any atom is -0.327 e. The molecule has 1 heterocycles. The van der Waals surface area contributed by atoms with Crippen LogP contribution in [-0.2, 0) is 11.2 Å². The lowest BCUT2D eigenvalue weighted by molar-refractivity contribution is -0.119. The average molecular weight is 210 g/mol. The van der Waals surface area contributed by atoms with Crippen molar-refractivity contribution in [1.29, 1.82) is 0 Å². The molecule has 2 atom stereocenters. The Hall–Kier alpha value is -1.36. The summed E-state index contributed by atoms with van der Waals surface area (Å²) in [6, 6.07) is 1.67. The molecule has 0 radical (unpaired) electrons. The van der Waals surface area contributed by atoms with Crippen LogP contribution in [0.15, 0.2) is 6.07 Å². The lowest BCUT2D eigenvalue weighted by atomic mass is 10.0. The average Bonchev–Trinajstić information content (AvgIpc) is 2.64. The third kappa shape index (κ3) is 3.06. The second-order valence-electron chi connectivity index (χ2n) is 3.77. The summed E-state index contributed by atoms with van der Waals surface area (Å²) in [7, 11) is 0. The van der Waals surface area contributed by atoms with Crippen LogP contribution in [-0.4, -0.2) is 22.1 Å². The van der Waals surface area contributed by atoms with E-state index in [4.69, 9.17) is 5.73 Å². The highest BCUT2D eigenvalue weighted by molar-refractivity contribution is 5.91. The minimum atomic E-state index is -0.216. The van der Waals surface area contributed by atoms with Gasteiger partial charge in [-0.15, -0.1) is 0 Å². The van der Waals surface area contributed by atoms with E-state index in [0.29, 0.717) is 5.82 Å². The third-order valence-corrected chi connectivity index (χ3v) is 2.47. The number of nitrogens with one attached hydrogen (secondary N) is 2. The fraction of sp³-hybridized carbons (Fsp3) is 0.600. The number of carbonyl (C=O) groups is 1. The van der Waals surface area contributed by atoms with Crippen LogP contribution in [0.25, 0.3) is 0 Å². The number of rotatable bonds is 4. The van der Waals surface area contributed by atoms with Crippen LogP contribution < -0.4 is 11.1 Å². The SMILES string of the molecule is CCc1cc(NC(=O)C(C)C(C)N)n[nH]1. The topological polar surface area (TPSA) is 83.8 Å². The summed E-state index contributed by atoms with van der Waals surface area (Å²) in [5, 5.41) is 9.52. The molecule has 0 fully saturated rings. The van der Waals surface area contributed by atoms with E-state index in [1.54, 1.807) is 6.92 Å². The van der Waals surface area contributed by atoms with E-state index < -0.39 is 0 Å². The summed E-state index contributed by atoms with van der Waals surface area (Å²) in [6.45, 7) is 5.63. The predicted octanol–water partition coefficient (Wildman–Crippen LogP) is 0.894. The molecule has 0 aromatic carbocycles. The molecule has 5 nitrogen and oxygen atoms in total. The van der Waals surface area contributed by atoms with Gasteiger partial charge in [-0.2, -0.15) is 5.10 Å². The van der Waals surface area contributed by atoms with E-state index >= 15 is 0 Å². The zero-order valence-electron chi connectivity index (χ0n) is 9.37. The number of aromatic nitrogens is 2. The second kappa shape index (κ2) is 4.93. The van der Waals surface area contributed by atoms with E-state index in [9.17, 15) is 4.79 Å². The lowest BCUT2D eigenvalue weighted by Gasteiger charge is -2.13. The van der Waals surface area contributed by atoms with Crippen molar-refractivity contribution in [3.8, 4) is 0 Å². The van der Waals surface area contributed by atoms with Gasteiger partial charge in [0.1, 0.15) is 0 Å². The Kier molecular flexibility index (Phi) is 3.85. The highest BCUT2D eigenvalue weighted by Gasteiger charge is 2.17. The molecular formula is C10H18N4O. The summed E-state index contributed by atoms with van der Waals surface area (Å²) < 4.78 is 0. The number of aryl methyl sites for hydroxylation is 1. The molecular weight excluding hydrogens is 192 g/mol. The number of hydrogen-bond donors (Lipinski definition) is 3. The van der Waals surface area contributed by atoms with Gasteiger partial charge >= 0.3 is 0 Å². The van der Waals surface area contributed by atoms with Gasteiger partial charge in [-0.3, -0.25) is 9.89 Å². The van der Waals surface area contributed by atoms with Crippen LogP contribution in [0.4, 0.5) is 5.82 Å². The van der Waals surface area contributed by atoms with Gasteiger partial charge in [0.05, 0.1) is 5.92 Å². The van der Waals surface area contributed by atoms with Crippen LogP contribution in [0.2, 0.25) is 0 Å². The number of hydrogen-bond acceptors (Lipinski definition) is 3. The number of aromatic amines is 1. The van der Waals surface area contributed by atoms with Crippen LogP contribution in [0.1, 0.15) is 26.5 Å². The van der Waals surface area contributed by atoms with E-state index in [2.05, 4.69) is 15.5 Å². The van der Waals surface area contributed by atoms with E-state index in [0.717, 1.165) is 12.1 Å². The summed E-state index contributed by atoms with van der Waals surface area (Å²) in [4.78, 5) is 11.6. The van der Waals surface area contributed by atoms with Gasteiger partial charge in [-0.1, -0.05) is 13.8 Å². The zero-order chi connectivity index (χ0) is 11.4. The number of amides is 1. The molecule has 5 heteroatoms. The van der Waals surface area contributed by atoms with Crippen molar-refractivity contribution in [3.05, 3.63) is 11.8 Å². The van der Waals surface area contributed by atoms with Crippen molar-refractivity contribution in [3.63, 3.8) is 0 Å². The second-order valence-corrected chi connectivity index (χ2v) is 3.77. The number of carbonyl (C=O) groups excluding carboxylic acids is 1. The molecule has 4 N–H and O–H groups in total. The molecule has 0 aliphatic rings. The van der Waals surface area contributed by atoms with E-state index in [-0.39, 0.29) is 17.9 Å². The predicted molar refractivity (Wildman–Crippen MR) is 59.4 cm³/mol. The normalized spacial score (nSPS) is 14.7. The first-order chi connectivity index (χ1) is 7.04. The Bertz CT molecular complexity index is 332. The maximum absolute atomic E-state index is 11.6. The summed E-state index contributed by atoms with van der Waals surface area (Å²) in [5.74, 6) is 0.246. The van der Waals surface area contributed by atoms with Gasteiger partial charge in [0, 0.05) is 17.8 Å². The van der Waals surface area contributed by atoms with Crippen molar-refractivity contribution < 1.29 is 4.79 Å². The van der Waals surface area contributed by atoms with Crippen molar-refractivity contribution in [2.45, 2.75) is 33.2 Å². The molecule has 0 aliphatic heterocycles. The Morgan fingerprint density at radius 2 is 2.33 bits per heavy atom. The van der Waals surface area contributed by atoms with Gasteiger partial charge < -0.3 is 11.1 Å². The van der Waals surface area contributed by atoms with Crippen LogP contribution in [0.3, 0.4) is 0 Å².